The summed E-state index contributed by atoms with van der Waals surface area (Å²) in [6, 6.07) is -1.89. The average molecular weight is 870 g/mol. The van der Waals surface area contributed by atoms with Crippen molar-refractivity contribution in [1.82, 2.24) is 0 Å². The summed E-state index contributed by atoms with van der Waals surface area (Å²) in [5.41, 5.74) is 3.94. The van der Waals surface area contributed by atoms with Gasteiger partial charge in [-0.15, -0.1) is 0 Å². The van der Waals surface area contributed by atoms with Crippen LogP contribution in [0.1, 0.15) is 213 Å². The zero-order valence-electron chi connectivity index (χ0n) is 40.3. The smallest absolute Gasteiger partial charge is 0.322 e. The fourth-order valence-corrected chi connectivity index (χ4v) is 7.48. The Bertz CT molecular complexity index is 1280. The molecule has 6 heteroatoms. The molecule has 0 aliphatic heterocycles. The lowest BCUT2D eigenvalue weighted by Gasteiger charge is -2.33. The molecule has 0 aromatic rings. The van der Waals surface area contributed by atoms with Crippen LogP contribution in [0.5, 0.6) is 0 Å². The van der Waals surface area contributed by atoms with Crippen LogP contribution in [-0.4, -0.2) is 34.5 Å². The van der Waals surface area contributed by atoms with Crippen LogP contribution in [0.25, 0.3) is 0 Å². The van der Waals surface area contributed by atoms with Crippen LogP contribution in [0.2, 0.25) is 0 Å². The van der Waals surface area contributed by atoms with Gasteiger partial charge in [-0.1, -0.05) is 188 Å². The van der Waals surface area contributed by atoms with Crippen molar-refractivity contribution in [2.24, 2.45) is 11.1 Å². The van der Waals surface area contributed by atoms with Gasteiger partial charge in [0.25, 0.3) is 0 Å². The minimum atomic E-state index is -2.32. The molecule has 0 saturated carbocycles. The number of aliphatic carboxylic acids is 1. The second kappa shape index (κ2) is 44.7. The van der Waals surface area contributed by atoms with Crippen LogP contribution in [-0.2, 0) is 19.2 Å². The Hall–Kier alpha value is -3.90. The Morgan fingerprint density at radius 3 is 0.841 bits per heavy atom. The molecular weight excluding hydrogens is 779 g/mol. The summed E-state index contributed by atoms with van der Waals surface area (Å²) in [6.07, 6.45) is 64.1. The van der Waals surface area contributed by atoms with Crippen LogP contribution < -0.4 is 5.73 Å². The second-order valence-corrected chi connectivity index (χ2v) is 16.7. The number of carbonyl (C=O) groups is 4. The molecule has 0 spiro atoms. The highest BCUT2D eigenvalue weighted by molar-refractivity contribution is 6.27. The maximum absolute atomic E-state index is 14.1. The van der Waals surface area contributed by atoms with Gasteiger partial charge in [-0.2, -0.15) is 0 Å². The van der Waals surface area contributed by atoms with E-state index in [1.165, 1.54) is 0 Å². The molecule has 0 fully saturated rings. The third-order valence-corrected chi connectivity index (χ3v) is 11.2. The summed E-state index contributed by atoms with van der Waals surface area (Å²) in [4.78, 5) is 54.8. The first-order chi connectivity index (χ1) is 30.8. The van der Waals surface area contributed by atoms with Crippen LogP contribution in [0.3, 0.4) is 0 Å². The van der Waals surface area contributed by atoms with E-state index in [4.69, 9.17) is 5.73 Å². The van der Waals surface area contributed by atoms with Crippen LogP contribution in [0.15, 0.2) is 109 Å². The maximum Gasteiger partial charge on any atom is 0.322 e. The minimum Gasteiger partial charge on any atom is -0.480 e. The SMILES string of the molecule is CC/C=C\C/C=C\C/C=C\CCCCCCCC(=O)C(C(=O)CCCCCCC/C=C\C/C=C\C/C=C\CC)(C(=O)CCCCCCC/C=C\C/C=C\C/C=C\CC)C(N)C(=O)O. The molecule has 0 bridgehead atoms. The molecule has 1 unspecified atom stereocenters. The highest BCUT2D eigenvalue weighted by Gasteiger charge is 2.57. The lowest BCUT2D eigenvalue weighted by atomic mass is 9.66. The Morgan fingerprint density at radius 2 is 0.587 bits per heavy atom. The molecule has 6 nitrogen and oxygen atoms in total. The van der Waals surface area contributed by atoms with E-state index in [-0.39, 0.29) is 19.3 Å². The zero-order valence-corrected chi connectivity index (χ0v) is 40.3. The molecule has 3 N–H and O–H groups in total. The molecule has 0 aliphatic rings. The van der Waals surface area contributed by atoms with Gasteiger partial charge >= 0.3 is 5.97 Å². The molecular formula is C57H91NO5. The zero-order chi connectivity index (χ0) is 46.3. The van der Waals surface area contributed by atoms with E-state index >= 15 is 0 Å². The number of rotatable bonds is 44. The van der Waals surface area contributed by atoms with Crippen molar-refractivity contribution in [2.75, 3.05) is 0 Å². The number of carboxylic acids is 1. The van der Waals surface area contributed by atoms with E-state index in [1.807, 2.05) is 0 Å². The van der Waals surface area contributed by atoms with Gasteiger partial charge in [0, 0.05) is 19.3 Å². The quantitative estimate of drug-likeness (QED) is 0.0358. The number of unbranched alkanes of at least 4 members (excludes halogenated alkanes) is 15. The third kappa shape index (κ3) is 32.4. The van der Waals surface area contributed by atoms with Crippen molar-refractivity contribution in [3.05, 3.63) is 109 Å². The number of carbonyl (C=O) groups excluding carboxylic acids is 3. The lowest BCUT2D eigenvalue weighted by molar-refractivity contribution is -0.159. The predicted molar refractivity (Wildman–Crippen MR) is 271 cm³/mol. The Balaban J connectivity index is 5.23. The topological polar surface area (TPSA) is 115 Å². The van der Waals surface area contributed by atoms with Gasteiger partial charge in [-0.3, -0.25) is 19.2 Å². The molecule has 0 amide bonds. The highest BCUT2D eigenvalue weighted by Crippen LogP contribution is 2.33. The van der Waals surface area contributed by atoms with E-state index in [2.05, 4.69) is 130 Å². The van der Waals surface area contributed by atoms with Crippen molar-refractivity contribution < 1.29 is 24.3 Å². The summed E-state index contributed by atoms with van der Waals surface area (Å²) in [6.45, 7) is 6.40. The number of hydrogen-bond donors (Lipinski definition) is 2. The van der Waals surface area contributed by atoms with Gasteiger partial charge in [-0.05, 0) is 116 Å². The lowest BCUT2D eigenvalue weighted by Crippen LogP contribution is -2.61. The normalized spacial score (nSPS) is 13.4. The first-order valence-corrected chi connectivity index (χ1v) is 25.2. The van der Waals surface area contributed by atoms with Crippen LogP contribution in [0, 0.1) is 5.41 Å². The number of allylic oxidation sites excluding steroid dienone is 18. The maximum atomic E-state index is 14.1. The molecule has 1 atom stereocenters. The number of nitrogens with two attached hydrogens (primary N) is 1. The average Bonchev–Trinajstić information content (AvgIpc) is 3.27. The van der Waals surface area contributed by atoms with Gasteiger partial charge < -0.3 is 10.8 Å². The van der Waals surface area contributed by atoms with Crippen molar-refractivity contribution in [2.45, 2.75) is 219 Å². The van der Waals surface area contributed by atoms with E-state index in [9.17, 15) is 24.3 Å². The second-order valence-electron chi connectivity index (χ2n) is 16.7. The van der Waals surface area contributed by atoms with E-state index in [0.29, 0.717) is 19.3 Å². The molecule has 0 rings (SSSR count). The number of ketones is 3. The number of Topliss-reactive ketones (excluding diaryl/α,β-unsaturated/α-hetero) is 3. The standard InChI is InChI=1S/C57H91NO5/c1-4-7-10-13-16-19-22-25-28-31-34-37-40-43-46-49-52(59)57(55(58)56(62)63,53(60)50-47-44-41-38-35-32-29-26-23-20-17-14-11-8-5-2)54(61)51-48-45-42-39-36-33-30-27-24-21-18-15-12-9-6-3/h7-12,16-21,25-30,55H,4-6,13-15,22-24,31-51,58H2,1-3H3,(H,62,63)/b10-7-,11-8-,12-9-,19-16-,20-17-,21-18-,28-25-,29-26-,30-27-. The molecule has 0 aliphatic carbocycles. The first-order valence-electron chi connectivity index (χ1n) is 25.2. The van der Waals surface area contributed by atoms with E-state index in [0.717, 1.165) is 154 Å². The van der Waals surface area contributed by atoms with E-state index < -0.39 is 34.8 Å². The number of carboxylic acid groups (broad SMARTS) is 1. The summed E-state index contributed by atoms with van der Waals surface area (Å²) in [5, 5.41) is 10.2. The molecule has 0 aromatic carbocycles. The molecule has 63 heavy (non-hydrogen) atoms. The third-order valence-electron chi connectivity index (χ3n) is 11.2. The van der Waals surface area contributed by atoms with Crippen molar-refractivity contribution in [3.8, 4) is 0 Å². The summed E-state index contributed by atoms with van der Waals surface area (Å²) >= 11 is 0. The van der Waals surface area contributed by atoms with Crippen molar-refractivity contribution in [1.29, 1.82) is 0 Å². The van der Waals surface area contributed by atoms with E-state index in [1.54, 1.807) is 0 Å². The molecule has 0 heterocycles. The molecule has 354 valence electrons. The monoisotopic (exact) mass is 870 g/mol. The van der Waals surface area contributed by atoms with Crippen molar-refractivity contribution in [3.63, 3.8) is 0 Å². The largest absolute Gasteiger partial charge is 0.480 e. The van der Waals surface area contributed by atoms with Gasteiger partial charge in [0.15, 0.2) is 22.8 Å². The van der Waals surface area contributed by atoms with Gasteiger partial charge in [0.1, 0.15) is 6.04 Å². The molecule has 0 aromatic heterocycles. The minimum absolute atomic E-state index is 0.0173. The molecule has 0 saturated heterocycles. The van der Waals surface area contributed by atoms with Gasteiger partial charge in [-0.25, -0.2) is 0 Å². The first kappa shape index (κ1) is 59.1. The highest BCUT2D eigenvalue weighted by atomic mass is 16.4. The Morgan fingerprint density at radius 1 is 0.365 bits per heavy atom. The predicted octanol–water partition coefficient (Wildman–Crippen LogP) is 15.9. The summed E-state index contributed by atoms with van der Waals surface area (Å²) < 4.78 is 0. The summed E-state index contributed by atoms with van der Waals surface area (Å²) in [7, 11) is 0. The Labute approximate surface area is 386 Å². The van der Waals surface area contributed by atoms with Gasteiger partial charge in [0.05, 0.1) is 0 Å². The Kier molecular flexibility index (Phi) is 41.9. The summed E-state index contributed by atoms with van der Waals surface area (Å²) in [5.74, 6) is -3.29. The fourth-order valence-electron chi connectivity index (χ4n) is 7.48. The number of hydrogen-bond acceptors (Lipinski definition) is 5. The van der Waals surface area contributed by atoms with Gasteiger partial charge in [0.2, 0.25) is 0 Å². The van der Waals surface area contributed by atoms with Crippen LogP contribution >= 0.6 is 0 Å². The fraction of sp³-hybridized carbons (Fsp3) is 0.614. The van der Waals surface area contributed by atoms with Crippen LogP contribution in [0.4, 0.5) is 0 Å². The van der Waals surface area contributed by atoms with Crippen molar-refractivity contribution >= 4 is 23.3 Å². The molecule has 0 radical (unpaired) electrons.